The average Bonchev–Trinajstić information content (AvgIpc) is 3.23. The zero-order valence-electron chi connectivity index (χ0n) is 14.9. The molecule has 27 heavy (non-hydrogen) atoms. The van der Waals surface area contributed by atoms with Gasteiger partial charge in [0.25, 0.3) is 0 Å². The van der Waals surface area contributed by atoms with Gasteiger partial charge < -0.3 is 9.84 Å². The minimum atomic E-state index is 0.192. The first-order valence-electron chi connectivity index (χ1n) is 8.63. The Hall–Kier alpha value is -2.96. The molecule has 0 fully saturated rings. The van der Waals surface area contributed by atoms with Gasteiger partial charge in [0.15, 0.2) is 4.80 Å². The van der Waals surface area contributed by atoms with Crippen LogP contribution in [0.15, 0.2) is 64.6 Å². The summed E-state index contributed by atoms with van der Waals surface area (Å²) in [6.07, 6.45) is 3.79. The number of allylic oxidation sites excluding steroid dienone is 1. The molecule has 136 valence electrons. The normalized spacial score (nSPS) is 14.9. The third kappa shape index (κ3) is 3.63. The first kappa shape index (κ1) is 17.5. The number of rotatable bonds is 5. The third-order valence-electron chi connectivity index (χ3n) is 4.25. The monoisotopic (exact) mass is 377 g/mol. The molecule has 2 aromatic carbocycles. The van der Waals surface area contributed by atoms with E-state index in [0.29, 0.717) is 13.2 Å². The van der Waals surface area contributed by atoms with Gasteiger partial charge in [-0.2, -0.15) is 0 Å². The van der Waals surface area contributed by atoms with Gasteiger partial charge in [-0.05, 0) is 24.3 Å². The zero-order valence-corrected chi connectivity index (χ0v) is 15.7. The maximum Gasteiger partial charge on any atom is 0.211 e. The average molecular weight is 377 g/mol. The van der Waals surface area contributed by atoms with Crippen molar-refractivity contribution in [2.75, 3.05) is 13.7 Å². The number of aromatic hydroxyl groups is 1. The van der Waals surface area contributed by atoms with Crippen molar-refractivity contribution in [2.45, 2.75) is 6.54 Å². The summed E-state index contributed by atoms with van der Waals surface area (Å²) in [6, 6.07) is 17.7. The molecule has 0 atom stereocenters. The quantitative estimate of drug-likeness (QED) is 0.717. The molecule has 0 aliphatic carbocycles. The standard InChI is InChI=1S/C21H19N3O2S/c1-26-12-11-24-20(25)19(27-21(24)23-16-7-3-2-4-8-16)13-15-14-22-18-10-6-5-9-17(15)18/h2-10,13-14,25H,11-12H2,1H3/b15-13-,23-21?. The summed E-state index contributed by atoms with van der Waals surface area (Å²) >= 11 is 1.45. The number of aliphatic imine (C=N–C) groups is 1. The molecule has 2 heterocycles. The number of aromatic nitrogens is 1. The van der Waals surface area contributed by atoms with E-state index in [2.05, 4.69) is 4.99 Å². The molecule has 1 aliphatic rings. The summed E-state index contributed by atoms with van der Waals surface area (Å²) in [5, 5.41) is 10.8. The Balaban J connectivity index is 1.80. The fourth-order valence-corrected chi connectivity index (χ4v) is 3.92. The van der Waals surface area contributed by atoms with Crippen LogP contribution in [0.25, 0.3) is 11.6 Å². The molecule has 3 aromatic rings. The molecule has 0 bridgehead atoms. The highest BCUT2D eigenvalue weighted by Crippen LogP contribution is 2.34. The minimum Gasteiger partial charge on any atom is -0.493 e. The smallest absolute Gasteiger partial charge is 0.211 e. The molecule has 0 saturated carbocycles. The second kappa shape index (κ2) is 7.73. The third-order valence-corrected chi connectivity index (χ3v) is 5.27. The maximum absolute atomic E-state index is 10.8. The van der Waals surface area contributed by atoms with Gasteiger partial charge in [0.2, 0.25) is 5.88 Å². The number of nitrogens with zero attached hydrogens (tertiary/aromatic N) is 3. The van der Waals surface area contributed by atoms with Crippen molar-refractivity contribution < 1.29 is 9.84 Å². The van der Waals surface area contributed by atoms with Crippen molar-refractivity contribution in [1.29, 1.82) is 0 Å². The number of thiazole rings is 1. The molecule has 4 rings (SSSR count). The number of para-hydroxylation sites is 2. The van der Waals surface area contributed by atoms with Gasteiger partial charge in [-0.15, -0.1) is 0 Å². The largest absolute Gasteiger partial charge is 0.493 e. The van der Waals surface area contributed by atoms with Crippen LogP contribution in [0.1, 0.15) is 10.4 Å². The summed E-state index contributed by atoms with van der Waals surface area (Å²) < 4.78 is 6.97. The van der Waals surface area contributed by atoms with E-state index in [1.165, 1.54) is 11.3 Å². The Morgan fingerprint density at radius 2 is 1.93 bits per heavy atom. The topological polar surface area (TPSA) is 59.1 Å². The molecule has 0 spiro atoms. The first-order chi connectivity index (χ1) is 13.3. The zero-order chi connectivity index (χ0) is 18.6. The lowest BCUT2D eigenvalue weighted by Crippen LogP contribution is -2.16. The Kier molecular flexibility index (Phi) is 5.00. The highest BCUT2D eigenvalue weighted by molar-refractivity contribution is 7.10. The minimum absolute atomic E-state index is 0.192. The second-order valence-corrected chi connectivity index (χ2v) is 7.05. The van der Waals surface area contributed by atoms with Crippen molar-refractivity contribution in [3.8, 4) is 5.88 Å². The van der Waals surface area contributed by atoms with E-state index in [4.69, 9.17) is 9.73 Å². The number of hydrogen-bond acceptors (Lipinski definition) is 5. The summed E-state index contributed by atoms with van der Waals surface area (Å²) in [7, 11) is 1.65. The molecule has 0 saturated heterocycles. The number of ether oxygens (including phenoxy) is 1. The molecule has 1 N–H and O–H groups in total. The van der Waals surface area contributed by atoms with Crippen LogP contribution in [0.5, 0.6) is 5.88 Å². The summed E-state index contributed by atoms with van der Waals surface area (Å²) in [4.78, 5) is 10.6. The van der Waals surface area contributed by atoms with E-state index >= 15 is 0 Å². The molecule has 0 radical (unpaired) electrons. The molecule has 0 unspecified atom stereocenters. The number of benzene rings is 2. The van der Waals surface area contributed by atoms with Crippen molar-refractivity contribution in [2.24, 2.45) is 9.98 Å². The van der Waals surface area contributed by atoms with Gasteiger partial charge in [0.1, 0.15) is 0 Å². The van der Waals surface area contributed by atoms with Crippen molar-refractivity contribution >= 4 is 40.6 Å². The van der Waals surface area contributed by atoms with Gasteiger partial charge in [-0.25, -0.2) is 4.99 Å². The van der Waals surface area contributed by atoms with Gasteiger partial charge in [0, 0.05) is 24.5 Å². The van der Waals surface area contributed by atoms with Crippen LogP contribution in [0.4, 0.5) is 11.4 Å². The number of hydrogen-bond donors (Lipinski definition) is 1. The van der Waals surface area contributed by atoms with E-state index in [0.717, 1.165) is 32.2 Å². The Morgan fingerprint density at radius 3 is 2.74 bits per heavy atom. The number of methoxy groups -OCH3 is 1. The summed E-state index contributed by atoms with van der Waals surface area (Å²) in [5.41, 5.74) is 3.83. The SMILES string of the molecule is COCCn1c(O)c(/C=C2/C=Nc3ccccc32)sc1=Nc1ccccc1. The van der Waals surface area contributed by atoms with Crippen LogP contribution in [0.2, 0.25) is 0 Å². The van der Waals surface area contributed by atoms with Crippen molar-refractivity contribution in [3.63, 3.8) is 0 Å². The van der Waals surface area contributed by atoms with Crippen molar-refractivity contribution in [3.05, 3.63) is 69.8 Å². The molecular weight excluding hydrogens is 358 g/mol. The fourth-order valence-electron chi connectivity index (χ4n) is 2.89. The van der Waals surface area contributed by atoms with Gasteiger partial charge in [-0.3, -0.25) is 9.56 Å². The molecule has 6 heteroatoms. The van der Waals surface area contributed by atoms with Crippen LogP contribution in [-0.4, -0.2) is 29.6 Å². The Morgan fingerprint density at radius 1 is 1.15 bits per heavy atom. The predicted molar refractivity (Wildman–Crippen MR) is 110 cm³/mol. The number of fused-ring (bicyclic) bond motifs is 1. The molecular formula is C21H19N3O2S. The first-order valence-corrected chi connectivity index (χ1v) is 9.44. The van der Waals surface area contributed by atoms with E-state index in [-0.39, 0.29) is 5.88 Å². The lowest BCUT2D eigenvalue weighted by molar-refractivity contribution is 0.183. The van der Waals surface area contributed by atoms with Gasteiger partial charge in [0.05, 0.1) is 29.4 Å². The molecule has 1 aromatic heterocycles. The maximum atomic E-state index is 10.8. The lowest BCUT2D eigenvalue weighted by atomic mass is 10.1. The van der Waals surface area contributed by atoms with E-state index < -0.39 is 0 Å². The highest BCUT2D eigenvalue weighted by atomic mass is 32.1. The lowest BCUT2D eigenvalue weighted by Gasteiger charge is -2.04. The van der Waals surface area contributed by atoms with Gasteiger partial charge in [-0.1, -0.05) is 47.7 Å². The van der Waals surface area contributed by atoms with Crippen LogP contribution in [-0.2, 0) is 11.3 Å². The Bertz CT molecular complexity index is 1080. The predicted octanol–water partition coefficient (Wildman–Crippen LogP) is 4.39. The second-order valence-electron chi connectivity index (χ2n) is 6.04. The molecule has 0 amide bonds. The van der Waals surface area contributed by atoms with E-state index in [9.17, 15) is 5.11 Å². The highest BCUT2D eigenvalue weighted by Gasteiger charge is 2.15. The van der Waals surface area contributed by atoms with E-state index in [1.54, 1.807) is 11.7 Å². The summed E-state index contributed by atoms with van der Waals surface area (Å²) in [5.74, 6) is 0.192. The van der Waals surface area contributed by atoms with Gasteiger partial charge >= 0.3 is 0 Å². The summed E-state index contributed by atoms with van der Waals surface area (Å²) in [6.45, 7) is 1.02. The fraction of sp³-hybridized carbons (Fsp3) is 0.143. The molecule has 5 nitrogen and oxygen atoms in total. The van der Waals surface area contributed by atoms with Crippen LogP contribution in [0.3, 0.4) is 0 Å². The molecule has 1 aliphatic heterocycles. The Labute approximate surface area is 161 Å². The van der Waals surface area contributed by atoms with Crippen LogP contribution < -0.4 is 4.80 Å². The van der Waals surface area contributed by atoms with Crippen molar-refractivity contribution in [1.82, 2.24) is 4.57 Å². The van der Waals surface area contributed by atoms with Crippen LogP contribution in [0, 0.1) is 0 Å². The van der Waals surface area contributed by atoms with Crippen LogP contribution >= 0.6 is 11.3 Å². The van der Waals surface area contributed by atoms with E-state index in [1.807, 2.05) is 66.9 Å².